The number of hydrogen-bond acceptors (Lipinski definition) is 7. The third-order valence-electron chi connectivity index (χ3n) is 6.11. The molecule has 0 spiro atoms. The van der Waals surface area contributed by atoms with Crippen molar-refractivity contribution in [3.8, 4) is 23.0 Å². The van der Waals surface area contributed by atoms with Crippen LogP contribution in [0.25, 0.3) is 5.76 Å². The fourth-order valence-electron chi connectivity index (χ4n) is 4.34. The lowest BCUT2D eigenvalue weighted by Gasteiger charge is -2.27. The van der Waals surface area contributed by atoms with Crippen molar-refractivity contribution in [2.45, 2.75) is 6.04 Å². The third-order valence-corrected chi connectivity index (χ3v) is 6.44. The van der Waals surface area contributed by atoms with Gasteiger partial charge in [-0.1, -0.05) is 23.7 Å². The lowest BCUT2D eigenvalue weighted by molar-refractivity contribution is -0.132. The topological polar surface area (TPSA) is 94.5 Å². The molecule has 0 saturated carbocycles. The highest BCUT2D eigenvalue weighted by molar-refractivity contribution is 6.52. The number of Topliss-reactive ketones (excluding diaryl/α,β-unsaturated/α-hetero) is 1. The predicted octanol–water partition coefficient (Wildman–Crippen LogP) is 4.75. The van der Waals surface area contributed by atoms with Gasteiger partial charge < -0.3 is 24.1 Å². The Labute approximate surface area is 212 Å². The van der Waals surface area contributed by atoms with E-state index in [1.807, 2.05) is 0 Å². The van der Waals surface area contributed by atoms with Gasteiger partial charge in [-0.2, -0.15) is 0 Å². The van der Waals surface area contributed by atoms with Crippen LogP contribution >= 0.6 is 11.6 Å². The number of carbonyl (C=O) groups excluding carboxylic acids is 2. The van der Waals surface area contributed by atoms with Gasteiger partial charge >= 0.3 is 0 Å². The van der Waals surface area contributed by atoms with E-state index < -0.39 is 23.5 Å². The highest BCUT2D eigenvalue weighted by Crippen LogP contribution is 2.45. The first-order chi connectivity index (χ1) is 17.4. The summed E-state index contributed by atoms with van der Waals surface area (Å²) in [5, 5.41) is 11.6. The molecule has 5 rings (SSSR count). The maximum atomic E-state index is 13.4. The second-order valence-electron chi connectivity index (χ2n) is 8.12. The van der Waals surface area contributed by atoms with Crippen LogP contribution < -0.4 is 23.8 Å². The van der Waals surface area contributed by atoms with E-state index in [-0.39, 0.29) is 16.2 Å². The Morgan fingerprint density at radius 2 is 1.58 bits per heavy atom. The SMILES string of the molecule is COc1ccc(C2/C(=C(\O)c3cc(OC)ccc3Cl)C(=O)C(=O)N2c2ccc3c(c2)OCCO3)cc1. The van der Waals surface area contributed by atoms with Crippen LogP contribution in [0.15, 0.2) is 66.2 Å². The van der Waals surface area contributed by atoms with Gasteiger partial charge in [0.05, 0.1) is 30.9 Å². The standard InChI is InChI=1S/C27H22ClNO7/c1-33-17-6-3-15(4-7-17)24-23(25(30)19-14-18(34-2)8-9-20(19)28)26(31)27(32)29(24)16-5-10-21-22(13-16)36-12-11-35-21/h3-10,13-14,24,30H,11-12H2,1-2H3/b25-23+. The number of rotatable bonds is 5. The summed E-state index contributed by atoms with van der Waals surface area (Å²) in [6.07, 6.45) is 0. The number of benzene rings is 3. The molecule has 184 valence electrons. The lowest BCUT2D eigenvalue weighted by Crippen LogP contribution is -2.29. The molecule has 0 radical (unpaired) electrons. The van der Waals surface area contributed by atoms with Crippen molar-refractivity contribution >= 4 is 34.7 Å². The van der Waals surface area contributed by atoms with E-state index in [0.717, 1.165) is 0 Å². The summed E-state index contributed by atoms with van der Waals surface area (Å²) in [5.74, 6) is -0.00197. The number of carbonyl (C=O) groups is 2. The Kier molecular flexibility index (Phi) is 6.20. The van der Waals surface area contributed by atoms with Gasteiger partial charge in [0.2, 0.25) is 0 Å². The van der Waals surface area contributed by atoms with Gasteiger partial charge in [0.1, 0.15) is 30.5 Å². The molecule has 1 amide bonds. The average molecular weight is 508 g/mol. The molecule has 0 aliphatic carbocycles. The second-order valence-corrected chi connectivity index (χ2v) is 8.52. The van der Waals surface area contributed by atoms with Crippen LogP contribution in [0.5, 0.6) is 23.0 Å². The highest BCUT2D eigenvalue weighted by Gasteiger charge is 2.47. The zero-order valence-electron chi connectivity index (χ0n) is 19.5. The van der Waals surface area contributed by atoms with Crippen molar-refractivity contribution in [1.29, 1.82) is 0 Å². The maximum absolute atomic E-state index is 13.4. The number of ketones is 1. The zero-order valence-corrected chi connectivity index (χ0v) is 20.2. The van der Waals surface area contributed by atoms with Crippen LogP contribution in [0.4, 0.5) is 5.69 Å². The van der Waals surface area contributed by atoms with Gasteiger partial charge in [-0.25, -0.2) is 0 Å². The minimum atomic E-state index is -0.944. The Morgan fingerprint density at radius 1 is 0.917 bits per heavy atom. The maximum Gasteiger partial charge on any atom is 0.300 e. The summed E-state index contributed by atoms with van der Waals surface area (Å²) in [6, 6.07) is 15.7. The van der Waals surface area contributed by atoms with E-state index in [2.05, 4.69) is 0 Å². The van der Waals surface area contributed by atoms with E-state index in [4.69, 9.17) is 30.5 Å². The number of halogens is 1. The molecule has 1 unspecified atom stereocenters. The summed E-state index contributed by atoms with van der Waals surface area (Å²) < 4.78 is 21.8. The van der Waals surface area contributed by atoms with Crippen molar-refractivity contribution in [2.75, 3.05) is 32.3 Å². The first-order valence-corrected chi connectivity index (χ1v) is 11.5. The van der Waals surface area contributed by atoms with Gasteiger partial charge in [0, 0.05) is 17.3 Å². The number of aliphatic hydroxyl groups is 1. The van der Waals surface area contributed by atoms with Gasteiger partial charge in [-0.15, -0.1) is 0 Å². The smallest absolute Gasteiger partial charge is 0.300 e. The van der Waals surface area contributed by atoms with Crippen LogP contribution in [0.3, 0.4) is 0 Å². The summed E-state index contributed by atoms with van der Waals surface area (Å²) in [6.45, 7) is 0.787. The fraction of sp³-hybridized carbons (Fsp3) is 0.185. The van der Waals surface area contributed by atoms with Crippen LogP contribution in [0, 0.1) is 0 Å². The molecule has 1 fully saturated rings. The molecule has 3 aromatic carbocycles. The molecule has 2 aliphatic heterocycles. The van der Waals surface area contributed by atoms with Crippen LogP contribution in [-0.4, -0.2) is 44.2 Å². The van der Waals surface area contributed by atoms with Crippen molar-refractivity contribution in [3.05, 3.63) is 82.4 Å². The van der Waals surface area contributed by atoms with Gasteiger partial charge in [-0.05, 0) is 48.0 Å². The first kappa shape index (κ1) is 23.6. The Bertz CT molecular complexity index is 1380. The molecule has 3 aromatic rings. The van der Waals surface area contributed by atoms with Gasteiger partial charge in [-0.3, -0.25) is 14.5 Å². The zero-order chi connectivity index (χ0) is 25.4. The van der Waals surface area contributed by atoms with Crippen molar-refractivity contribution in [2.24, 2.45) is 0 Å². The number of anilines is 1. The van der Waals surface area contributed by atoms with Crippen LogP contribution in [-0.2, 0) is 9.59 Å². The van der Waals surface area contributed by atoms with E-state index in [1.165, 1.54) is 18.1 Å². The molecule has 0 aromatic heterocycles. The Balaban J connectivity index is 1.71. The van der Waals surface area contributed by atoms with E-state index in [9.17, 15) is 14.7 Å². The average Bonchev–Trinajstić information content (AvgIpc) is 3.18. The van der Waals surface area contributed by atoms with E-state index >= 15 is 0 Å². The number of aliphatic hydroxyl groups excluding tert-OH is 1. The second kappa shape index (κ2) is 9.47. The molecule has 1 atom stereocenters. The van der Waals surface area contributed by atoms with E-state index in [1.54, 1.807) is 61.7 Å². The monoisotopic (exact) mass is 507 g/mol. The number of fused-ring (bicyclic) bond motifs is 1. The molecule has 2 aliphatic rings. The number of hydrogen-bond donors (Lipinski definition) is 1. The number of ether oxygens (including phenoxy) is 4. The highest BCUT2D eigenvalue weighted by atomic mass is 35.5. The summed E-state index contributed by atoms with van der Waals surface area (Å²) >= 11 is 6.37. The van der Waals surface area contributed by atoms with Crippen molar-refractivity contribution < 1.29 is 33.6 Å². The molecule has 8 nitrogen and oxygen atoms in total. The largest absolute Gasteiger partial charge is 0.507 e. The van der Waals surface area contributed by atoms with E-state index in [0.29, 0.717) is 47.5 Å². The number of nitrogens with zero attached hydrogens (tertiary/aromatic N) is 1. The van der Waals surface area contributed by atoms with Gasteiger partial charge in [0.25, 0.3) is 11.7 Å². The quantitative estimate of drug-likeness (QED) is 0.302. The fourth-order valence-corrected chi connectivity index (χ4v) is 4.55. The Morgan fingerprint density at radius 3 is 2.28 bits per heavy atom. The molecule has 2 heterocycles. The number of methoxy groups -OCH3 is 2. The number of amides is 1. The lowest BCUT2D eigenvalue weighted by atomic mass is 9.95. The molecule has 1 saturated heterocycles. The first-order valence-electron chi connectivity index (χ1n) is 11.1. The summed E-state index contributed by atoms with van der Waals surface area (Å²) in [5.41, 5.74) is 1.08. The Hall–Kier alpha value is -4.17. The van der Waals surface area contributed by atoms with Crippen LogP contribution in [0.2, 0.25) is 5.02 Å². The van der Waals surface area contributed by atoms with Crippen molar-refractivity contribution in [1.82, 2.24) is 0 Å². The molecule has 1 N–H and O–H groups in total. The normalized spacial score (nSPS) is 18.3. The van der Waals surface area contributed by atoms with Crippen LogP contribution in [0.1, 0.15) is 17.2 Å². The molecule has 9 heteroatoms. The molecule has 36 heavy (non-hydrogen) atoms. The molecular formula is C27H22ClNO7. The predicted molar refractivity (Wildman–Crippen MR) is 133 cm³/mol. The molecular weight excluding hydrogens is 486 g/mol. The summed E-state index contributed by atoms with van der Waals surface area (Å²) in [7, 11) is 3.02. The molecule has 0 bridgehead atoms. The van der Waals surface area contributed by atoms with Crippen molar-refractivity contribution in [3.63, 3.8) is 0 Å². The van der Waals surface area contributed by atoms with Gasteiger partial charge in [0.15, 0.2) is 11.5 Å². The minimum absolute atomic E-state index is 0.102. The third kappa shape index (κ3) is 3.99. The minimum Gasteiger partial charge on any atom is -0.507 e. The summed E-state index contributed by atoms with van der Waals surface area (Å²) in [4.78, 5) is 28.1.